The van der Waals surface area contributed by atoms with Gasteiger partial charge < -0.3 is 10.4 Å². The summed E-state index contributed by atoms with van der Waals surface area (Å²) in [5.74, 6) is -1.60. The van der Waals surface area contributed by atoms with Crippen molar-refractivity contribution in [2.45, 2.75) is 76.7 Å². The van der Waals surface area contributed by atoms with E-state index < -0.39 is 11.9 Å². The third kappa shape index (κ3) is 4.22. The van der Waals surface area contributed by atoms with Crippen molar-refractivity contribution in [3.8, 4) is 0 Å². The van der Waals surface area contributed by atoms with Gasteiger partial charge in [0.15, 0.2) is 0 Å². The van der Waals surface area contributed by atoms with E-state index in [-0.39, 0.29) is 17.9 Å². The van der Waals surface area contributed by atoms with Gasteiger partial charge in [-0.3, -0.25) is 9.59 Å². The van der Waals surface area contributed by atoms with E-state index in [1.165, 1.54) is 32.1 Å². The molecule has 114 valence electrons. The molecule has 2 aliphatic rings. The zero-order valence-electron chi connectivity index (χ0n) is 12.3. The van der Waals surface area contributed by atoms with Crippen LogP contribution in [0.4, 0.5) is 0 Å². The Balaban J connectivity index is 1.89. The molecule has 2 fully saturated rings. The van der Waals surface area contributed by atoms with Crippen molar-refractivity contribution in [1.82, 2.24) is 5.32 Å². The number of amides is 1. The second-order valence-corrected chi connectivity index (χ2v) is 6.39. The molecule has 0 aromatic rings. The average molecular weight is 281 g/mol. The first kappa shape index (κ1) is 15.3. The number of hydrogen-bond donors (Lipinski definition) is 2. The summed E-state index contributed by atoms with van der Waals surface area (Å²) in [6.45, 7) is 0. The molecule has 2 atom stereocenters. The highest BCUT2D eigenvalue weighted by atomic mass is 16.4. The minimum Gasteiger partial charge on any atom is -0.481 e. The average Bonchev–Trinajstić information content (AvgIpc) is 2.41. The van der Waals surface area contributed by atoms with Crippen LogP contribution in [0.25, 0.3) is 0 Å². The van der Waals surface area contributed by atoms with Gasteiger partial charge in [0.05, 0.1) is 11.8 Å². The molecule has 2 rings (SSSR count). The maximum Gasteiger partial charge on any atom is 0.307 e. The van der Waals surface area contributed by atoms with Crippen molar-refractivity contribution in [2.75, 3.05) is 0 Å². The maximum atomic E-state index is 12.4. The van der Waals surface area contributed by atoms with Gasteiger partial charge in [-0.25, -0.2) is 0 Å². The van der Waals surface area contributed by atoms with Crippen LogP contribution in [0.2, 0.25) is 0 Å². The minimum atomic E-state index is -0.803. The Bertz CT molecular complexity index is 335. The lowest BCUT2D eigenvalue weighted by Gasteiger charge is -2.30. The van der Waals surface area contributed by atoms with Crippen molar-refractivity contribution in [2.24, 2.45) is 11.8 Å². The summed E-state index contributed by atoms with van der Waals surface area (Å²) >= 11 is 0. The third-order valence-corrected chi connectivity index (χ3v) is 4.87. The van der Waals surface area contributed by atoms with Crippen molar-refractivity contribution >= 4 is 11.9 Å². The van der Waals surface area contributed by atoms with Crippen LogP contribution in [0.3, 0.4) is 0 Å². The minimum absolute atomic E-state index is 0.0114. The van der Waals surface area contributed by atoms with Crippen molar-refractivity contribution in [3.05, 3.63) is 0 Å². The van der Waals surface area contributed by atoms with E-state index in [0.29, 0.717) is 6.42 Å². The Hall–Kier alpha value is -1.06. The van der Waals surface area contributed by atoms with Gasteiger partial charge in [-0.05, 0) is 25.7 Å². The number of rotatable bonds is 3. The Kier molecular flexibility index (Phi) is 5.86. The molecule has 0 aromatic carbocycles. The van der Waals surface area contributed by atoms with Crippen LogP contribution >= 0.6 is 0 Å². The molecule has 1 amide bonds. The highest BCUT2D eigenvalue weighted by Gasteiger charge is 2.36. The lowest BCUT2D eigenvalue weighted by Crippen LogP contribution is -2.44. The zero-order chi connectivity index (χ0) is 14.4. The molecule has 0 spiro atoms. The topological polar surface area (TPSA) is 66.4 Å². The molecule has 0 aromatic heterocycles. The smallest absolute Gasteiger partial charge is 0.307 e. The molecule has 4 heteroatoms. The molecule has 0 saturated heterocycles. The number of hydrogen-bond acceptors (Lipinski definition) is 2. The van der Waals surface area contributed by atoms with Crippen LogP contribution in [0.1, 0.15) is 70.6 Å². The summed E-state index contributed by atoms with van der Waals surface area (Å²) in [5.41, 5.74) is 0. The number of carbonyl (C=O) groups excluding carboxylic acids is 1. The van der Waals surface area contributed by atoms with Gasteiger partial charge in [0, 0.05) is 6.04 Å². The fourth-order valence-corrected chi connectivity index (χ4v) is 3.65. The number of aliphatic carboxylic acids is 1. The van der Waals surface area contributed by atoms with Crippen molar-refractivity contribution in [1.29, 1.82) is 0 Å². The molecule has 2 N–H and O–H groups in total. The van der Waals surface area contributed by atoms with E-state index in [4.69, 9.17) is 0 Å². The quantitative estimate of drug-likeness (QED) is 0.835. The van der Waals surface area contributed by atoms with E-state index in [2.05, 4.69) is 5.32 Å². The van der Waals surface area contributed by atoms with Gasteiger partial charge in [0.1, 0.15) is 0 Å². The first-order chi connectivity index (χ1) is 9.68. The number of carbonyl (C=O) groups is 2. The van der Waals surface area contributed by atoms with Crippen LogP contribution in [0.15, 0.2) is 0 Å². The van der Waals surface area contributed by atoms with Crippen LogP contribution in [0.5, 0.6) is 0 Å². The predicted molar refractivity (Wildman–Crippen MR) is 77.3 cm³/mol. The Morgan fingerprint density at radius 1 is 0.750 bits per heavy atom. The summed E-state index contributed by atoms with van der Waals surface area (Å²) in [6, 6.07) is 0.263. The molecule has 0 aliphatic heterocycles. The number of carboxylic acids is 1. The standard InChI is InChI=1S/C16H27NO3/c18-15(13-10-6-7-11-14(13)16(19)20)17-12-8-4-2-1-3-5-9-12/h12-14H,1-11H2,(H,17,18)(H,19,20)/t13-,14+/m0/s1. The first-order valence-corrected chi connectivity index (χ1v) is 8.21. The Labute approximate surface area is 121 Å². The van der Waals surface area contributed by atoms with Gasteiger partial charge in [-0.2, -0.15) is 0 Å². The molecule has 0 unspecified atom stereocenters. The molecule has 2 aliphatic carbocycles. The zero-order valence-corrected chi connectivity index (χ0v) is 12.3. The summed E-state index contributed by atoms with van der Waals surface area (Å²) in [6.07, 6.45) is 11.6. The fraction of sp³-hybridized carbons (Fsp3) is 0.875. The van der Waals surface area contributed by atoms with Crippen LogP contribution in [-0.2, 0) is 9.59 Å². The Morgan fingerprint density at radius 2 is 1.25 bits per heavy atom. The van der Waals surface area contributed by atoms with Crippen molar-refractivity contribution in [3.63, 3.8) is 0 Å². The van der Waals surface area contributed by atoms with Gasteiger partial charge in [0.25, 0.3) is 0 Å². The van der Waals surface area contributed by atoms with Crippen LogP contribution < -0.4 is 5.32 Å². The van der Waals surface area contributed by atoms with E-state index in [1.807, 2.05) is 0 Å². The monoisotopic (exact) mass is 281 g/mol. The van der Waals surface area contributed by atoms with E-state index in [0.717, 1.165) is 32.1 Å². The SMILES string of the molecule is O=C(NC1CCCCCCC1)[C@H]1CCCC[C@H]1C(=O)O. The largest absolute Gasteiger partial charge is 0.481 e. The Morgan fingerprint density at radius 3 is 1.85 bits per heavy atom. The van der Waals surface area contributed by atoms with Gasteiger partial charge >= 0.3 is 5.97 Å². The molecule has 4 nitrogen and oxygen atoms in total. The van der Waals surface area contributed by atoms with E-state index in [9.17, 15) is 14.7 Å². The molecule has 20 heavy (non-hydrogen) atoms. The normalized spacial score (nSPS) is 29.2. The predicted octanol–water partition coefficient (Wildman–Crippen LogP) is 3.11. The van der Waals surface area contributed by atoms with Gasteiger partial charge in [0.2, 0.25) is 5.91 Å². The van der Waals surface area contributed by atoms with Crippen LogP contribution in [0, 0.1) is 11.8 Å². The summed E-state index contributed by atoms with van der Waals surface area (Å²) in [7, 11) is 0. The summed E-state index contributed by atoms with van der Waals surface area (Å²) < 4.78 is 0. The van der Waals surface area contributed by atoms with E-state index >= 15 is 0 Å². The number of carboxylic acid groups (broad SMARTS) is 1. The molecular formula is C16H27NO3. The lowest BCUT2D eigenvalue weighted by molar-refractivity contribution is -0.149. The van der Waals surface area contributed by atoms with Gasteiger partial charge in [-0.1, -0.05) is 44.9 Å². The highest BCUT2D eigenvalue weighted by molar-refractivity contribution is 5.85. The van der Waals surface area contributed by atoms with Crippen molar-refractivity contribution < 1.29 is 14.7 Å². The molecule has 0 radical (unpaired) electrons. The van der Waals surface area contributed by atoms with Gasteiger partial charge in [-0.15, -0.1) is 0 Å². The highest BCUT2D eigenvalue weighted by Crippen LogP contribution is 2.31. The second-order valence-electron chi connectivity index (χ2n) is 6.39. The summed E-state index contributed by atoms with van der Waals surface area (Å²) in [5, 5.41) is 12.4. The molecule has 0 heterocycles. The second kappa shape index (κ2) is 7.65. The third-order valence-electron chi connectivity index (χ3n) is 4.87. The molecule has 2 saturated carbocycles. The van der Waals surface area contributed by atoms with Crippen LogP contribution in [-0.4, -0.2) is 23.0 Å². The fourth-order valence-electron chi connectivity index (χ4n) is 3.65. The van der Waals surface area contributed by atoms with E-state index in [1.54, 1.807) is 0 Å². The molecule has 0 bridgehead atoms. The summed E-state index contributed by atoms with van der Waals surface area (Å²) in [4.78, 5) is 23.7. The lowest BCUT2D eigenvalue weighted by atomic mass is 9.78. The maximum absolute atomic E-state index is 12.4. The molecular weight excluding hydrogens is 254 g/mol. The number of nitrogens with one attached hydrogen (secondary N) is 1. The first-order valence-electron chi connectivity index (χ1n) is 8.21.